The predicted octanol–water partition coefficient (Wildman–Crippen LogP) is 1.67. The summed E-state index contributed by atoms with van der Waals surface area (Å²) in [5.74, 6) is 0.0236. The molecule has 0 radical (unpaired) electrons. The summed E-state index contributed by atoms with van der Waals surface area (Å²) < 4.78 is 0. The zero-order valence-corrected chi connectivity index (χ0v) is 10.5. The topological polar surface area (TPSA) is 120 Å². The number of hydrogen-bond donors (Lipinski definition) is 0. The molecule has 19 heavy (non-hydrogen) atoms. The van der Waals surface area contributed by atoms with Crippen molar-refractivity contribution >= 4 is 23.1 Å². The number of rotatable bonds is 6. The summed E-state index contributed by atoms with van der Waals surface area (Å²) in [6, 6.07) is 3.87. The number of nitriles is 2. The molecule has 0 unspecified atom stereocenters. The average molecular weight is 281 g/mol. The second-order valence-corrected chi connectivity index (χ2v) is 3.76. The first-order valence-corrected chi connectivity index (χ1v) is 5.63. The highest BCUT2D eigenvalue weighted by Gasteiger charge is 2.25. The fourth-order valence-electron chi connectivity index (χ4n) is 1.43. The van der Waals surface area contributed by atoms with E-state index in [1.807, 2.05) is 12.1 Å². The molecule has 0 aliphatic rings. The second-order valence-electron chi connectivity index (χ2n) is 3.40. The zero-order valence-electron chi connectivity index (χ0n) is 9.78. The van der Waals surface area contributed by atoms with E-state index in [1.54, 1.807) is 0 Å². The van der Waals surface area contributed by atoms with Crippen LogP contribution in [0.3, 0.4) is 0 Å². The van der Waals surface area contributed by atoms with Gasteiger partial charge in [0.05, 0.1) is 29.9 Å². The lowest BCUT2D eigenvalue weighted by Crippen LogP contribution is -2.27. The molecule has 9 heteroatoms. The minimum Gasteiger partial charge on any atom is -0.349 e. The van der Waals surface area contributed by atoms with Gasteiger partial charge in [-0.1, -0.05) is 11.6 Å². The van der Waals surface area contributed by atoms with Crippen LogP contribution in [0.15, 0.2) is 6.33 Å². The van der Waals surface area contributed by atoms with Crippen LogP contribution in [0.5, 0.6) is 0 Å². The van der Waals surface area contributed by atoms with Gasteiger partial charge in [0.1, 0.15) is 6.33 Å². The normalized spacial score (nSPS) is 9.42. The minimum atomic E-state index is -0.677. The monoisotopic (exact) mass is 280 g/mol. The van der Waals surface area contributed by atoms with E-state index in [0.29, 0.717) is 0 Å². The molecule has 1 aromatic heterocycles. The molecule has 8 nitrogen and oxygen atoms in total. The van der Waals surface area contributed by atoms with Crippen molar-refractivity contribution in [1.82, 2.24) is 9.97 Å². The van der Waals surface area contributed by atoms with E-state index >= 15 is 0 Å². The van der Waals surface area contributed by atoms with E-state index in [1.165, 1.54) is 4.90 Å². The lowest BCUT2D eigenvalue weighted by atomic mass is 10.3. The number of halogens is 1. The van der Waals surface area contributed by atoms with Crippen LogP contribution >= 0.6 is 11.6 Å². The fourth-order valence-corrected chi connectivity index (χ4v) is 1.63. The standard InChI is InChI=1S/C10H9ClN6O2/c11-9-8(17(18)19)10(15-7-14-9)16(5-1-3-12)6-2-4-13/h7H,1-2,5-6H2. The Bertz CT molecular complexity index is 532. The number of anilines is 1. The highest BCUT2D eigenvalue weighted by Crippen LogP contribution is 2.31. The largest absolute Gasteiger partial charge is 0.349 e. The van der Waals surface area contributed by atoms with Gasteiger partial charge in [-0.3, -0.25) is 10.1 Å². The first kappa shape index (κ1) is 14.6. The molecule has 1 heterocycles. The Balaban J connectivity index is 3.14. The number of nitro groups is 1. The molecule has 0 saturated carbocycles. The van der Waals surface area contributed by atoms with Crippen molar-refractivity contribution in [3.8, 4) is 12.1 Å². The Labute approximate surface area is 114 Å². The second kappa shape index (κ2) is 7.09. The van der Waals surface area contributed by atoms with Crippen molar-refractivity contribution in [2.24, 2.45) is 0 Å². The molecular weight excluding hydrogens is 272 g/mol. The lowest BCUT2D eigenvalue weighted by molar-refractivity contribution is -0.384. The van der Waals surface area contributed by atoms with Crippen molar-refractivity contribution in [3.63, 3.8) is 0 Å². The van der Waals surface area contributed by atoms with Crippen LogP contribution < -0.4 is 4.90 Å². The Kier molecular flexibility index (Phi) is 5.45. The van der Waals surface area contributed by atoms with Crippen LogP contribution in [0.2, 0.25) is 5.15 Å². The van der Waals surface area contributed by atoms with Gasteiger partial charge >= 0.3 is 5.69 Å². The number of nitrogens with zero attached hydrogens (tertiary/aromatic N) is 6. The van der Waals surface area contributed by atoms with E-state index < -0.39 is 10.6 Å². The molecule has 0 amide bonds. The van der Waals surface area contributed by atoms with Crippen LogP contribution in [0.4, 0.5) is 11.5 Å². The third-order valence-corrected chi connectivity index (χ3v) is 2.50. The first-order chi connectivity index (χ1) is 9.11. The highest BCUT2D eigenvalue weighted by molar-refractivity contribution is 6.31. The first-order valence-electron chi connectivity index (χ1n) is 5.25. The van der Waals surface area contributed by atoms with Gasteiger partial charge in [0.2, 0.25) is 11.0 Å². The summed E-state index contributed by atoms with van der Waals surface area (Å²) in [5, 5.41) is 27.9. The molecule has 0 N–H and O–H groups in total. The Hall–Kier alpha value is -2.45. The molecule has 0 aliphatic heterocycles. The van der Waals surface area contributed by atoms with Crippen LogP contribution in [0.25, 0.3) is 0 Å². The van der Waals surface area contributed by atoms with Crippen molar-refractivity contribution < 1.29 is 4.92 Å². The maximum Gasteiger partial charge on any atom is 0.348 e. The molecule has 0 bridgehead atoms. The summed E-state index contributed by atoms with van der Waals surface area (Å²) in [6.07, 6.45) is 1.42. The smallest absolute Gasteiger partial charge is 0.348 e. The van der Waals surface area contributed by atoms with Gasteiger partial charge in [0, 0.05) is 13.1 Å². The summed E-state index contributed by atoms with van der Waals surface area (Å²) in [6.45, 7) is 0.457. The van der Waals surface area contributed by atoms with Crippen LogP contribution in [0, 0.1) is 32.8 Å². The van der Waals surface area contributed by atoms with Gasteiger partial charge in [-0.15, -0.1) is 0 Å². The van der Waals surface area contributed by atoms with E-state index in [2.05, 4.69) is 9.97 Å². The Morgan fingerprint density at radius 3 is 2.37 bits per heavy atom. The van der Waals surface area contributed by atoms with Crippen LogP contribution in [-0.4, -0.2) is 28.0 Å². The zero-order chi connectivity index (χ0) is 14.3. The maximum atomic E-state index is 11.0. The molecule has 0 aromatic carbocycles. The third kappa shape index (κ3) is 3.76. The Morgan fingerprint density at radius 2 is 1.89 bits per heavy atom. The molecular formula is C10H9ClN6O2. The third-order valence-electron chi connectivity index (χ3n) is 2.23. The van der Waals surface area contributed by atoms with Crippen LogP contribution in [-0.2, 0) is 0 Å². The average Bonchev–Trinajstić information content (AvgIpc) is 2.38. The fraction of sp³-hybridized carbons (Fsp3) is 0.400. The summed E-state index contributed by atoms with van der Waals surface area (Å²) in [4.78, 5) is 19.2. The SMILES string of the molecule is N#CCCN(CCC#N)c1ncnc(Cl)c1[N+](=O)[O-]. The van der Waals surface area contributed by atoms with Crippen molar-refractivity contribution in [2.45, 2.75) is 12.8 Å². The Morgan fingerprint density at radius 1 is 1.32 bits per heavy atom. The molecule has 0 saturated heterocycles. The maximum absolute atomic E-state index is 11.0. The van der Waals surface area contributed by atoms with Gasteiger partial charge in [-0.05, 0) is 0 Å². The van der Waals surface area contributed by atoms with E-state index in [0.717, 1.165) is 6.33 Å². The summed E-state index contributed by atoms with van der Waals surface area (Å²) >= 11 is 5.69. The molecule has 0 fully saturated rings. The molecule has 0 spiro atoms. The molecule has 98 valence electrons. The molecule has 1 rings (SSSR count). The van der Waals surface area contributed by atoms with E-state index in [9.17, 15) is 10.1 Å². The summed E-state index contributed by atoms with van der Waals surface area (Å²) in [5.41, 5.74) is -0.417. The summed E-state index contributed by atoms with van der Waals surface area (Å²) in [7, 11) is 0. The van der Waals surface area contributed by atoms with Crippen LogP contribution in [0.1, 0.15) is 12.8 Å². The lowest BCUT2D eigenvalue weighted by Gasteiger charge is -2.20. The highest BCUT2D eigenvalue weighted by atomic mass is 35.5. The van der Waals surface area contributed by atoms with Crippen molar-refractivity contribution in [3.05, 3.63) is 21.6 Å². The predicted molar refractivity (Wildman–Crippen MR) is 66.4 cm³/mol. The molecule has 1 aromatic rings. The van der Waals surface area contributed by atoms with Crippen molar-refractivity contribution in [2.75, 3.05) is 18.0 Å². The van der Waals surface area contributed by atoms with Gasteiger partial charge in [0.25, 0.3) is 0 Å². The van der Waals surface area contributed by atoms with E-state index in [-0.39, 0.29) is 36.9 Å². The minimum absolute atomic E-state index is 0.0236. The molecule has 0 aliphatic carbocycles. The van der Waals surface area contributed by atoms with Gasteiger partial charge in [0.15, 0.2) is 0 Å². The van der Waals surface area contributed by atoms with E-state index in [4.69, 9.17) is 22.1 Å². The number of hydrogen-bond acceptors (Lipinski definition) is 7. The van der Waals surface area contributed by atoms with Gasteiger partial charge in [-0.25, -0.2) is 9.97 Å². The van der Waals surface area contributed by atoms with Crippen molar-refractivity contribution in [1.29, 1.82) is 10.5 Å². The van der Waals surface area contributed by atoms with Gasteiger partial charge in [-0.2, -0.15) is 10.5 Å². The van der Waals surface area contributed by atoms with Gasteiger partial charge < -0.3 is 4.90 Å². The molecule has 0 atom stereocenters. The number of aromatic nitrogens is 2. The quantitative estimate of drug-likeness (QED) is 0.441.